The Morgan fingerprint density at radius 2 is 1.64 bits per heavy atom. The number of esters is 1. The first-order valence-electron chi connectivity index (χ1n) is 13.1. The fraction of sp³-hybridized carbons (Fsp3) is 0.667. The summed E-state index contributed by atoms with van der Waals surface area (Å²) >= 11 is 0. The summed E-state index contributed by atoms with van der Waals surface area (Å²) in [6.45, 7) is 11.9. The number of aliphatic carboxylic acids is 1. The molecule has 1 aliphatic heterocycles. The van der Waals surface area contributed by atoms with E-state index in [1.807, 2.05) is 41.5 Å². The van der Waals surface area contributed by atoms with Crippen LogP contribution in [0.15, 0.2) is 18.2 Å². The number of aliphatic hydroxyl groups is 3. The predicted octanol–water partition coefficient (Wildman–Crippen LogP) is 1.54. The summed E-state index contributed by atoms with van der Waals surface area (Å²) < 4.78 is 16.4. The van der Waals surface area contributed by atoms with Crippen molar-refractivity contribution in [3.8, 4) is 5.75 Å². The Hall–Kier alpha value is -2.77. The molecule has 2 rings (SSSR count). The van der Waals surface area contributed by atoms with Crippen molar-refractivity contribution in [1.29, 1.82) is 0 Å². The summed E-state index contributed by atoms with van der Waals surface area (Å²) in [5, 5.41) is 45.6. The van der Waals surface area contributed by atoms with Crippen molar-refractivity contribution in [3.05, 3.63) is 23.8 Å². The third-order valence-electron chi connectivity index (χ3n) is 6.80. The van der Waals surface area contributed by atoms with Crippen molar-refractivity contribution in [1.82, 2.24) is 5.32 Å². The first-order chi connectivity index (χ1) is 18.1. The van der Waals surface area contributed by atoms with Crippen LogP contribution in [0.2, 0.25) is 0 Å². The second-order valence-electron chi connectivity index (χ2n) is 11.0. The van der Waals surface area contributed by atoms with Crippen LogP contribution < -0.4 is 15.4 Å². The highest BCUT2D eigenvalue weighted by Gasteiger charge is 2.48. The van der Waals surface area contributed by atoms with Crippen LogP contribution in [-0.2, 0) is 30.5 Å². The lowest BCUT2D eigenvalue weighted by molar-refractivity contribution is -0.271. The van der Waals surface area contributed by atoms with E-state index in [-0.39, 0.29) is 41.9 Å². The van der Waals surface area contributed by atoms with Crippen molar-refractivity contribution < 1.29 is 49.0 Å². The fourth-order valence-electron chi connectivity index (χ4n) is 3.77. The average Bonchev–Trinajstić information content (AvgIpc) is 2.87. The summed E-state index contributed by atoms with van der Waals surface area (Å²) in [6, 6.07) is 4.54. The molecule has 0 radical (unpaired) electrons. The fourth-order valence-corrected chi connectivity index (χ4v) is 3.77. The lowest BCUT2D eigenvalue weighted by Gasteiger charge is -2.38. The predicted molar refractivity (Wildman–Crippen MR) is 141 cm³/mol. The molecule has 0 aliphatic carbocycles. The topological polar surface area (TPSA) is 184 Å². The van der Waals surface area contributed by atoms with E-state index in [1.54, 1.807) is 6.07 Å². The number of aliphatic hydroxyl groups excluding tert-OH is 3. The first kappa shape index (κ1) is 32.4. The molecule has 0 aromatic heterocycles. The lowest BCUT2D eigenvalue weighted by atomic mass is 9.85. The molecule has 220 valence electrons. The van der Waals surface area contributed by atoms with E-state index >= 15 is 0 Å². The van der Waals surface area contributed by atoms with Gasteiger partial charge in [-0.2, -0.15) is 0 Å². The maximum Gasteiger partial charge on any atom is 0.335 e. The SMILES string of the molecule is CCC(C)(CC)C(=O)OCc1ccc(O[C@@H]2O[C@H](C(=O)O)[C@@H](O)[C@H](O)[C@H]2O)c(NC(=O)CCNC(C)(C)C)c1. The van der Waals surface area contributed by atoms with Gasteiger partial charge in [-0.15, -0.1) is 0 Å². The zero-order chi connectivity index (χ0) is 29.5. The normalized spacial score (nSPS) is 23.7. The zero-order valence-corrected chi connectivity index (χ0v) is 23.4. The molecule has 0 saturated carbocycles. The second kappa shape index (κ2) is 13.5. The minimum Gasteiger partial charge on any atom is -0.479 e. The van der Waals surface area contributed by atoms with E-state index in [1.165, 1.54) is 12.1 Å². The van der Waals surface area contributed by atoms with Gasteiger partial charge < -0.3 is 45.3 Å². The van der Waals surface area contributed by atoms with Crippen molar-refractivity contribution in [2.24, 2.45) is 5.41 Å². The number of benzene rings is 1. The molecular formula is C27H42N2O10. The average molecular weight is 555 g/mol. The van der Waals surface area contributed by atoms with Crippen LogP contribution in [0.25, 0.3) is 0 Å². The molecule has 5 atom stereocenters. The number of ether oxygens (including phenoxy) is 3. The number of rotatable bonds is 12. The number of carboxylic acid groups (broad SMARTS) is 1. The molecule has 12 nitrogen and oxygen atoms in total. The summed E-state index contributed by atoms with van der Waals surface area (Å²) in [6.07, 6.45) is -7.67. The Morgan fingerprint density at radius 1 is 1.00 bits per heavy atom. The maximum atomic E-state index is 12.7. The number of amides is 1. The quantitative estimate of drug-likeness (QED) is 0.206. The van der Waals surface area contributed by atoms with Crippen molar-refractivity contribution in [3.63, 3.8) is 0 Å². The summed E-state index contributed by atoms with van der Waals surface area (Å²) in [4.78, 5) is 36.8. The van der Waals surface area contributed by atoms with Crippen LogP contribution in [0.3, 0.4) is 0 Å². The largest absolute Gasteiger partial charge is 0.479 e. The number of anilines is 1. The van der Waals surface area contributed by atoms with Gasteiger partial charge in [0.1, 0.15) is 30.7 Å². The Labute approximate surface area is 228 Å². The molecule has 1 aromatic rings. The molecule has 1 saturated heterocycles. The van der Waals surface area contributed by atoms with E-state index in [0.29, 0.717) is 24.9 Å². The van der Waals surface area contributed by atoms with Crippen LogP contribution in [0.1, 0.15) is 66.4 Å². The van der Waals surface area contributed by atoms with Gasteiger partial charge in [-0.25, -0.2) is 4.79 Å². The van der Waals surface area contributed by atoms with Crippen molar-refractivity contribution in [2.75, 3.05) is 11.9 Å². The molecule has 12 heteroatoms. The highest BCUT2D eigenvalue weighted by molar-refractivity contribution is 5.92. The minimum atomic E-state index is -1.87. The smallest absolute Gasteiger partial charge is 0.335 e. The molecule has 0 unspecified atom stereocenters. The monoisotopic (exact) mass is 554 g/mol. The van der Waals surface area contributed by atoms with E-state index in [9.17, 15) is 34.8 Å². The van der Waals surface area contributed by atoms with Gasteiger partial charge in [0.2, 0.25) is 12.2 Å². The highest BCUT2D eigenvalue weighted by atomic mass is 16.7. The van der Waals surface area contributed by atoms with Gasteiger partial charge in [-0.05, 0) is 58.2 Å². The third-order valence-corrected chi connectivity index (χ3v) is 6.80. The zero-order valence-electron chi connectivity index (χ0n) is 23.4. The molecule has 1 fully saturated rings. The number of carboxylic acids is 1. The van der Waals surface area contributed by atoms with E-state index < -0.39 is 42.1 Å². The van der Waals surface area contributed by atoms with Gasteiger partial charge >= 0.3 is 11.9 Å². The molecule has 39 heavy (non-hydrogen) atoms. The Bertz CT molecular complexity index is 1000. The van der Waals surface area contributed by atoms with Crippen LogP contribution >= 0.6 is 0 Å². The van der Waals surface area contributed by atoms with Gasteiger partial charge in [-0.1, -0.05) is 19.9 Å². The van der Waals surface area contributed by atoms with Gasteiger partial charge in [0.05, 0.1) is 11.1 Å². The Kier molecular flexibility index (Phi) is 11.3. The second-order valence-corrected chi connectivity index (χ2v) is 11.0. The first-order valence-corrected chi connectivity index (χ1v) is 13.1. The standard InChI is InChI=1S/C27H42N2O10/c1-7-27(6,8-2)25(36)37-14-15-9-10-17(16(13-15)29-18(30)11-12-28-26(3,4)5)38-24-21(33)19(31)20(32)22(39-24)23(34)35/h9-10,13,19-22,24,28,31-33H,7-8,11-12,14H2,1-6H3,(H,29,30)(H,34,35)/t19-,20-,21+,22-,24+/m0/s1. The number of nitrogens with one attached hydrogen (secondary N) is 2. The number of carbonyl (C=O) groups excluding carboxylic acids is 2. The third kappa shape index (κ3) is 8.87. The number of carbonyl (C=O) groups is 3. The van der Waals surface area contributed by atoms with E-state index in [2.05, 4.69) is 10.6 Å². The number of hydrogen-bond acceptors (Lipinski definition) is 10. The van der Waals surface area contributed by atoms with Crippen LogP contribution in [-0.4, -0.2) is 81.1 Å². The van der Waals surface area contributed by atoms with Gasteiger partial charge in [-0.3, -0.25) is 9.59 Å². The van der Waals surface area contributed by atoms with Crippen LogP contribution in [0, 0.1) is 5.41 Å². The van der Waals surface area contributed by atoms with E-state index in [0.717, 1.165) is 0 Å². The Balaban J connectivity index is 2.27. The van der Waals surface area contributed by atoms with Crippen molar-refractivity contribution >= 4 is 23.5 Å². The molecular weight excluding hydrogens is 512 g/mol. The van der Waals surface area contributed by atoms with E-state index in [4.69, 9.17) is 14.2 Å². The molecule has 1 heterocycles. The Morgan fingerprint density at radius 3 is 2.21 bits per heavy atom. The van der Waals surface area contributed by atoms with Gasteiger partial charge in [0, 0.05) is 18.5 Å². The number of hydrogen-bond donors (Lipinski definition) is 6. The lowest BCUT2D eigenvalue weighted by Crippen LogP contribution is -2.61. The van der Waals surface area contributed by atoms with Gasteiger partial charge in [0.25, 0.3) is 0 Å². The van der Waals surface area contributed by atoms with Crippen molar-refractivity contribution in [2.45, 2.75) is 104 Å². The van der Waals surface area contributed by atoms with Crippen LogP contribution in [0.5, 0.6) is 5.75 Å². The maximum absolute atomic E-state index is 12.7. The molecule has 0 spiro atoms. The molecule has 1 amide bonds. The minimum absolute atomic E-state index is 0.00550. The molecule has 0 bridgehead atoms. The molecule has 1 aliphatic rings. The molecule has 1 aromatic carbocycles. The summed E-state index contributed by atoms with van der Waals surface area (Å²) in [5.74, 6) is -2.26. The van der Waals surface area contributed by atoms with Crippen LogP contribution in [0.4, 0.5) is 5.69 Å². The van der Waals surface area contributed by atoms with Gasteiger partial charge in [0.15, 0.2) is 6.10 Å². The summed E-state index contributed by atoms with van der Waals surface area (Å²) in [7, 11) is 0. The summed E-state index contributed by atoms with van der Waals surface area (Å²) in [5.41, 5.74) is -0.121. The highest BCUT2D eigenvalue weighted by Crippen LogP contribution is 2.32. The molecule has 6 N–H and O–H groups in total.